The lowest BCUT2D eigenvalue weighted by atomic mass is 10.2. The minimum Gasteiger partial charge on any atom is -0.324 e. The molecular weight excluding hydrogens is 310 g/mol. The highest BCUT2D eigenvalue weighted by molar-refractivity contribution is 7.99. The minimum atomic E-state index is -3.51. The van der Waals surface area contributed by atoms with E-state index in [9.17, 15) is 13.2 Å². The molecule has 1 fully saturated rings. The van der Waals surface area contributed by atoms with Gasteiger partial charge >= 0.3 is 0 Å². The van der Waals surface area contributed by atoms with Gasteiger partial charge in [-0.25, -0.2) is 12.7 Å². The van der Waals surface area contributed by atoms with Gasteiger partial charge in [0.15, 0.2) is 0 Å². The summed E-state index contributed by atoms with van der Waals surface area (Å²) in [7, 11) is -0.550. The van der Waals surface area contributed by atoms with E-state index in [2.05, 4.69) is 10.6 Å². The molecule has 2 rings (SSSR count). The SMILES string of the molecule is Cc1ccc(S(=O)(=O)N(C)C)cc1NC(=O)C1CSCN1. The zero-order chi connectivity index (χ0) is 15.6. The number of hydrogen-bond acceptors (Lipinski definition) is 5. The van der Waals surface area contributed by atoms with Crippen molar-refractivity contribution in [2.24, 2.45) is 0 Å². The van der Waals surface area contributed by atoms with Gasteiger partial charge in [-0.2, -0.15) is 0 Å². The van der Waals surface area contributed by atoms with Gasteiger partial charge in [0.1, 0.15) is 0 Å². The highest BCUT2D eigenvalue weighted by atomic mass is 32.2. The molecule has 1 heterocycles. The number of benzene rings is 1. The average Bonchev–Trinajstić information content (AvgIpc) is 2.94. The number of aryl methyl sites for hydroxylation is 1. The lowest BCUT2D eigenvalue weighted by Gasteiger charge is -2.16. The average molecular weight is 329 g/mol. The Morgan fingerprint density at radius 1 is 1.43 bits per heavy atom. The molecule has 8 heteroatoms. The van der Waals surface area contributed by atoms with Crippen LogP contribution in [0.3, 0.4) is 0 Å². The fraction of sp³-hybridized carbons (Fsp3) is 0.462. The van der Waals surface area contributed by atoms with Crippen LogP contribution in [0.5, 0.6) is 0 Å². The molecule has 0 aliphatic carbocycles. The molecule has 6 nitrogen and oxygen atoms in total. The molecule has 2 N–H and O–H groups in total. The molecule has 1 unspecified atom stereocenters. The molecule has 1 aliphatic rings. The van der Waals surface area contributed by atoms with E-state index in [1.807, 2.05) is 6.92 Å². The first-order valence-electron chi connectivity index (χ1n) is 6.47. The van der Waals surface area contributed by atoms with Crippen molar-refractivity contribution in [3.8, 4) is 0 Å². The van der Waals surface area contributed by atoms with E-state index >= 15 is 0 Å². The summed E-state index contributed by atoms with van der Waals surface area (Å²) < 4.78 is 25.4. The van der Waals surface area contributed by atoms with Crippen molar-refractivity contribution in [3.05, 3.63) is 23.8 Å². The lowest BCUT2D eigenvalue weighted by Crippen LogP contribution is -2.37. The Hall–Kier alpha value is -1.09. The first-order valence-corrected chi connectivity index (χ1v) is 9.07. The molecule has 1 saturated heterocycles. The summed E-state index contributed by atoms with van der Waals surface area (Å²) in [5.41, 5.74) is 1.35. The standard InChI is InChI=1S/C13H19N3O3S2/c1-9-4-5-10(21(18,19)16(2)3)6-11(9)15-13(17)12-7-20-8-14-12/h4-6,12,14H,7-8H2,1-3H3,(H,15,17). The van der Waals surface area contributed by atoms with E-state index < -0.39 is 10.0 Å². The summed E-state index contributed by atoms with van der Waals surface area (Å²) >= 11 is 1.66. The van der Waals surface area contributed by atoms with Crippen LogP contribution in [0.1, 0.15) is 5.56 Å². The summed E-state index contributed by atoms with van der Waals surface area (Å²) in [6, 6.07) is 4.51. The third-order valence-electron chi connectivity index (χ3n) is 3.28. The van der Waals surface area contributed by atoms with Gasteiger partial charge in [-0.05, 0) is 24.6 Å². The van der Waals surface area contributed by atoms with Crippen LogP contribution >= 0.6 is 11.8 Å². The first kappa shape index (κ1) is 16.3. The Kier molecular flexibility index (Phi) is 4.92. The third-order valence-corrected chi connectivity index (χ3v) is 6.03. The van der Waals surface area contributed by atoms with Crippen molar-refractivity contribution in [2.75, 3.05) is 31.0 Å². The summed E-state index contributed by atoms with van der Waals surface area (Å²) in [4.78, 5) is 12.3. The lowest BCUT2D eigenvalue weighted by molar-refractivity contribution is -0.117. The number of carbonyl (C=O) groups is 1. The van der Waals surface area contributed by atoms with Gasteiger partial charge < -0.3 is 5.32 Å². The molecule has 0 saturated carbocycles. The molecule has 1 amide bonds. The predicted molar refractivity (Wildman–Crippen MR) is 84.9 cm³/mol. The molecular formula is C13H19N3O3S2. The highest BCUT2D eigenvalue weighted by Crippen LogP contribution is 2.22. The molecule has 0 aromatic heterocycles. The summed E-state index contributed by atoms with van der Waals surface area (Å²) in [5, 5.41) is 5.89. The van der Waals surface area contributed by atoms with Crippen molar-refractivity contribution in [3.63, 3.8) is 0 Å². The molecule has 1 aromatic carbocycles. The first-order chi connectivity index (χ1) is 9.82. The minimum absolute atomic E-state index is 0.137. The molecule has 0 radical (unpaired) electrons. The van der Waals surface area contributed by atoms with Crippen LogP contribution in [0.4, 0.5) is 5.69 Å². The highest BCUT2D eigenvalue weighted by Gasteiger charge is 2.24. The number of carbonyl (C=O) groups excluding carboxylic acids is 1. The molecule has 0 spiro atoms. The van der Waals surface area contributed by atoms with Crippen molar-refractivity contribution in [2.45, 2.75) is 17.9 Å². The normalized spacial score (nSPS) is 19.0. The van der Waals surface area contributed by atoms with E-state index in [-0.39, 0.29) is 16.8 Å². The van der Waals surface area contributed by atoms with Gasteiger partial charge in [0, 0.05) is 31.4 Å². The monoisotopic (exact) mass is 329 g/mol. The topological polar surface area (TPSA) is 78.5 Å². The maximum atomic E-state index is 12.1. The fourth-order valence-corrected chi connectivity index (χ4v) is 3.76. The number of sulfonamides is 1. The second kappa shape index (κ2) is 6.35. The van der Waals surface area contributed by atoms with E-state index in [0.29, 0.717) is 5.69 Å². The van der Waals surface area contributed by atoms with Gasteiger partial charge in [0.2, 0.25) is 15.9 Å². The van der Waals surface area contributed by atoms with Gasteiger partial charge in [-0.15, -0.1) is 11.8 Å². The van der Waals surface area contributed by atoms with E-state index in [0.717, 1.165) is 21.5 Å². The van der Waals surface area contributed by atoms with E-state index in [1.165, 1.54) is 20.2 Å². The van der Waals surface area contributed by atoms with Crippen LogP contribution in [-0.2, 0) is 14.8 Å². The summed E-state index contributed by atoms with van der Waals surface area (Å²) in [6.07, 6.45) is 0. The van der Waals surface area contributed by atoms with Crippen molar-refractivity contribution < 1.29 is 13.2 Å². The summed E-state index contributed by atoms with van der Waals surface area (Å²) in [6.45, 7) is 1.83. The molecule has 116 valence electrons. The Morgan fingerprint density at radius 2 is 2.14 bits per heavy atom. The van der Waals surface area contributed by atoms with Gasteiger partial charge in [0.25, 0.3) is 0 Å². The second-order valence-corrected chi connectivity index (χ2v) is 8.21. The number of hydrogen-bond donors (Lipinski definition) is 2. The predicted octanol–water partition coefficient (Wildman–Crippen LogP) is 0.846. The molecule has 1 atom stereocenters. The van der Waals surface area contributed by atoms with Crippen LogP contribution < -0.4 is 10.6 Å². The molecule has 1 aliphatic heterocycles. The van der Waals surface area contributed by atoms with E-state index in [1.54, 1.807) is 23.9 Å². The third kappa shape index (κ3) is 3.57. The zero-order valence-electron chi connectivity index (χ0n) is 12.2. The molecule has 21 heavy (non-hydrogen) atoms. The maximum absolute atomic E-state index is 12.1. The largest absolute Gasteiger partial charge is 0.324 e. The van der Waals surface area contributed by atoms with Crippen LogP contribution in [0.15, 0.2) is 23.1 Å². The second-order valence-electron chi connectivity index (χ2n) is 5.03. The Morgan fingerprint density at radius 3 is 2.71 bits per heavy atom. The summed E-state index contributed by atoms with van der Waals surface area (Å²) in [5.74, 6) is 1.34. The van der Waals surface area contributed by atoms with Crippen LogP contribution in [0, 0.1) is 6.92 Å². The number of anilines is 1. The van der Waals surface area contributed by atoms with Crippen LogP contribution in [-0.4, -0.2) is 50.4 Å². The van der Waals surface area contributed by atoms with Crippen LogP contribution in [0.25, 0.3) is 0 Å². The van der Waals surface area contributed by atoms with Gasteiger partial charge in [-0.3, -0.25) is 10.1 Å². The molecule has 1 aromatic rings. The van der Waals surface area contributed by atoms with Crippen molar-refractivity contribution in [1.29, 1.82) is 0 Å². The van der Waals surface area contributed by atoms with E-state index in [4.69, 9.17) is 0 Å². The maximum Gasteiger partial charge on any atom is 0.242 e. The number of rotatable bonds is 4. The van der Waals surface area contributed by atoms with Gasteiger partial charge in [0.05, 0.1) is 10.9 Å². The fourth-order valence-electron chi connectivity index (χ4n) is 1.89. The smallest absolute Gasteiger partial charge is 0.242 e. The zero-order valence-corrected chi connectivity index (χ0v) is 13.8. The van der Waals surface area contributed by atoms with Crippen LogP contribution in [0.2, 0.25) is 0 Å². The van der Waals surface area contributed by atoms with Crippen molar-refractivity contribution in [1.82, 2.24) is 9.62 Å². The quantitative estimate of drug-likeness (QED) is 0.856. The van der Waals surface area contributed by atoms with Gasteiger partial charge in [-0.1, -0.05) is 6.07 Å². The number of thioether (sulfide) groups is 1. The Labute approximate surface area is 129 Å². The number of nitrogens with one attached hydrogen (secondary N) is 2. The Balaban J connectivity index is 2.25. The number of amides is 1. The van der Waals surface area contributed by atoms with Crippen molar-refractivity contribution >= 4 is 33.4 Å². The number of nitrogens with zero attached hydrogens (tertiary/aromatic N) is 1. The Bertz CT molecular complexity index is 638. The molecule has 0 bridgehead atoms.